The standard InChI is InChI=1S/C11H19/c1-5-7-11(4)9-6-8-10(2)3/h7-8H,2,5-6,9H2,1,3-4H3/b10-8-,11-7?. The minimum absolute atomic E-state index is 1.14. The first-order valence-electron chi connectivity index (χ1n) is 4.31. The van der Waals surface area contributed by atoms with E-state index in [1.807, 2.05) is 6.92 Å². The second-order valence-electron chi connectivity index (χ2n) is 3.05. The molecule has 0 unspecified atom stereocenters. The van der Waals surface area contributed by atoms with Crippen molar-refractivity contribution in [3.63, 3.8) is 0 Å². The lowest BCUT2D eigenvalue weighted by molar-refractivity contribution is 0.955. The molecule has 0 aliphatic rings. The summed E-state index contributed by atoms with van der Waals surface area (Å²) in [5, 5.41) is 0. The summed E-state index contributed by atoms with van der Waals surface area (Å²) in [5.41, 5.74) is 2.67. The molecule has 0 spiro atoms. The van der Waals surface area contributed by atoms with Crippen molar-refractivity contribution >= 4 is 0 Å². The van der Waals surface area contributed by atoms with Gasteiger partial charge in [0, 0.05) is 0 Å². The molecule has 0 N–H and O–H groups in total. The van der Waals surface area contributed by atoms with Gasteiger partial charge in [0.25, 0.3) is 0 Å². The lowest BCUT2D eigenvalue weighted by Gasteiger charge is -1.96. The van der Waals surface area contributed by atoms with Crippen LogP contribution in [0.15, 0.2) is 23.3 Å². The summed E-state index contributed by atoms with van der Waals surface area (Å²) >= 11 is 0. The van der Waals surface area contributed by atoms with Crippen LogP contribution < -0.4 is 0 Å². The zero-order valence-corrected chi connectivity index (χ0v) is 7.98. The average molecular weight is 151 g/mol. The zero-order valence-electron chi connectivity index (χ0n) is 7.98. The summed E-state index contributed by atoms with van der Waals surface area (Å²) in [5.74, 6) is 0. The van der Waals surface area contributed by atoms with Gasteiger partial charge in [0.2, 0.25) is 0 Å². The van der Waals surface area contributed by atoms with Crippen molar-refractivity contribution in [2.24, 2.45) is 0 Å². The quantitative estimate of drug-likeness (QED) is 0.534. The van der Waals surface area contributed by atoms with E-state index in [2.05, 4.69) is 32.9 Å². The third-order valence-corrected chi connectivity index (χ3v) is 1.58. The van der Waals surface area contributed by atoms with Crippen molar-refractivity contribution in [2.45, 2.75) is 40.0 Å². The summed E-state index contributed by atoms with van der Waals surface area (Å²) < 4.78 is 0. The van der Waals surface area contributed by atoms with Crippen LogP contribution >= 0.6 is 0 Å². The largest absolute Gasteiger partial charge is 0.0859 e. The third-order valence-electron chi connectivity index (χ3n) is 1.58. The van der Waals surface area contributed by atoms with Gasteiger partial charge in [0.05, 0.1) is 0 Å². The van der Waals surface area contributed by atoms with Gasteiger partial charge in [-0.05, 0) is 40.0 Å². The van der Waals surface area contributed by atoms with Crippen molar-refractivity contribution in [3.8, 4) is 0 Å². The van der Waals surface area contributed by atoms with Crippen LogP contribution in [0.4, 0.5) is 0 Å². The minimum Gasteiger partial charge on any atom is -0.0859 e. The highest BCUT2D eigenvalue weighted by Crippen LogP contribution is 2.06. The van der Waals surface area contributed by atoms with Crippen molar-refractivity contribution in [3.05, 3.63) is 30.2 Å². The lowest BCUT2D eigenvalue weighted by Crippen LogP contribution is -1.76. The Labute approximate surface area is 71.0 Å². The summed E-state index contributed by atoms with van der Waals surface area (Å²) in [7, 11) is 0. The van der Waals surface area contributed by atoms with Gasteiger partial charge in [0.15, 0.2) is 0 Å². The number of hydrogen-bond acceptors (Lipinski definition) is 0. The van der Waals surface area contributed by atoms with E-state index in [9.17, 15) is 0 Å². The van der Waals surface area contributed by atoms with Crippen LogP contribution in [0, 0.1) is 6.92 Å². The van der Waals surface area contributed by atoms with Gasteiger partial charge >= 0.3 is 0 Å². The van der Waals surface area contributed by atoms with Crippen molar-refractivity contribution in [2.75, 3.05) is 0 Å². The number of rotatable bonds is 4. The smallest absolute Gasteiger partial charge is 0.0286 e. The van der Waals surface area contributed by atoms with Gasteiger partial charge in [-0.3, -0.25) is 0 Å². The monoisotopic (exact) mass is 151 g/mol. The molecule has 0 saturated heterocycles. The predicted octanol–water partition coefficient (Wildman–Crippen LogP) is 3.90. The molecule has 0 aliphatic heterocycles. The lowest BCUT2D eigenvalue weighted by atomic mass is 10.1. The molecule has 0 nitrogen and oxygen atoms in total. The molecule has 0 heteroatoms. The molecule has 0 aromatic heterocycles. The SMILES string of the molecule is [CH2]/C(C)=C/CCC(C)=CCC. The number of hydrogen-bond donors (Lipinski definition) is 0. The first-order chi connectivity index (χ1) is 5.16. The van der Waals surface area contributed by atoms with Crippen molar-refractivity contribution in [1.29, 1.82) is 0 Å². The Bertz CT molecular complexity index is 145. The Balaban J connectivity index is 3.54. The normalized spacial score (nSPS) is 13.8. The number of allylic oxidation sites excluding steroid dienone is 4. The highest BCUT2D eigenvalue weighted by Gasteiger charge is 1.86. The highest BCUT2D eigenvalue weighted by atomic mass is 13.9. The highest BCUT2D eigenvalue weighted by molar-refractivity contribution is 5.04. The predicted molar refractivity (Wildman–Crippen MR) is 52.4 cm³/mol. The molecule has 0 aromatic rings. The van der Waals surface area contributed by atoms with Crippen molar-refractivity contribution in [1.82, 2.24) is 0 Å². The van der Waals surface area contributed by atoms with Crippen LogP contribution in [0.1, 0.15) is 40.0 Å². The maximum Gasteiger partial charge on any atom is -0.0286 e. The molecule has 0 aromatic carbocycles. The maximum atomic E-state index is 3.82. The zero-order chi connectivity index (χ0) is 8.69. The molecule has 0 fully saturated rings. The van der Waals surface area contributed by atoms with Gasteiger partial charge in [-0.1, -0.05) is 30.2 Å². The van der Waals surface area contributed by atoms with E-state index in [4.69, 9.17) is 0 Å². The van der Waals surface area contributed by atoms with E-state index in [1.54, 1.807) is 0 Å². The second kappa shape index (κ2) is 6.21. The average Bonchev–Trinajstić information content (AvgIpc) is 1.87. The Kier molecular flexibility index (Phi) is 5.91. The molecule has 0 amide bonds. The summed E-state index contributed by atoms with van der Waals surface area (Å²) in [6.45, 7) is 10.2. The second-order valence-corrected chi connectivity index (χ2v) is 3.05. The molecule has 63 valence electrons. The fourth-order valence-corrected chi connectivity index (χ4v) is 0.997. The minimum atomic E-state index is 1.14. The van der Waals surface area contributed by atoms with Crippen LogP contribution in [0.3, 0.4) is 0 Å². The molecule has 0 rings (SSSR count). The Morgan fingerprint density at radius 2 is 1.91 bits per heavy atom. The van der Waals surface area contributed by atoms with E-state index in [-0.39, 0.29) is 0 Å². The van der Waals surface area contributed by atoms with Gasteiger partial charge in [-0.2, -0.15) is 0 Å². The maximum absolute atomic E-state index is 3.82. The molecular weight excluding hydrogens is 132 g/mol. The molecule has 0 bridgehead atoms. The fourth-order valence-electron chi connectivity index (χ4n) is 0.997. The van der Waals surface area contributed by atoms with E-state index in [0.29, 0.717) is 0 Å². The topological polar surface area (TPSA) is 0 Å². The van der Waals surface area contributed by atoms with Crippen molar-refractivity contribution < 1.29 is 0 Å². The first kappa shape index (κ1) is 10.5. The van der Waals surface area contributed by atoms with E-state index < -0.39 is 0 Å². The van der Waals surface area contributed by atoms with Crippen LogP contribution in [0.25, 0.3) is 0 Å². The van der Waals surface area contributed by atoms with Gasteiger partial charge in [-0.25, -0.2) is 0 Å². The first-order valence-corrected chi connectivity index (χ1v) is 4.31. The molecule has 1 radical (unpaired) electrons. The van der Waals surface area contributed by atoms with Gasteiger partial charge in [-0.15, -0.1) is 0 Å². The van der Waals surface area contributed by atoms with E-state index in [1.165, 1.54) is 17.6 Å². The molecular formula is C11H19. The molecule has 0 atom stereocenters. The summed E-state index contributed by atoms with van der Waals surface area (Å²) in [6.07, 6.45) is 7.94. The summed E-state index contributed by atoms with van der Waals surface area (Å²) in [6, 6.07) is 0. The van der Waals surface area contributed by atoms with E-state index in [0.717, 1.165) is 12.8 Å². The Hall–Kier alpha value is -0.520. The third kappa shape index (κ3) is 7.38. The molecule has 11 heavy (non-hydrogen) atoms. The fraction of sp³-hybridized carbons (Fsp3) is 0.545. The van der Waals surface area contributed by atoms with Crippen LogP contribution in [-0.4, -0.2) is 0 Å². The molecule has 0 saturated carbocycles. The molecule has 0 aliphatic carbocycles. The van der Waals surface area contributed by atoms with Crippen LogP contribution in [0.5, 0.6) is 0 Å². The van der Waals surface area contributed by atoms with Crippen LogP contribution in [0.2, 0.25) is 0 Å². The summed E-state index contributed by atoms with van der Waals surface area (Å²) in [4.78, 5) is 0. The van der Waals surface area contributed by atoms with E-state index >= 15 is 0 Å². The molecule has 0 heterocycles. The Morgan fingerprint density at radius 3 is 2.36 bits per heavy atom. The van der Waals surface area contributed by atoms with Gasteiger partial charge in [0.1, 0.15) is 0 Å². The van der Waals surface area contributed by atoms with Gasteiger partial charge < -0.3 is 0 Å². The van der Waals surface area contributed by atoms with Crippen LogP contribution in [-0.2, 0) is 0 Å². The Morgan fingerprint density at radius 1 is 1.27 bits per heavy atom.